The SMILES string of the molecule is CCC(C)c1cnc(N)n1C(C)C. The van der Waals surface area contributed by atoms with Gasteiger partial charge in [0.2, 0.25) is 5.95 Å². The van der Waals surface area contributed by atoms with Crippen molar-refractivity contribution in [2.75, 3.05) is 5.73 Å². The van der Waals surface area contributed by atoms with Gasteiger partial charge >= 0.3 is 0 Å². The molecule has 1 atom stereocenters. The number of nitrogens with zero attached hydrogens (tertiary/aromatic N) is 2. The van der Waals surface area contributed by atoms with E-state index in [1.165, 1.54) is 5.69 Å². The van der Waals surface area contributed by atoms with Crippen LogP contribution in [0.1, 0.15) is 51.8 Å². The summed E-state index contributed by atoms with van der Waals surface area (Å²) in [6.07, 6.45) is 3.02. The van der Waals surface area contributed by atoms with Crippen molar-refractivity contribution in [1.29, 1.82) is 0 Å². The Morgan fingerprint density at radius 2 is 2.08 bits per heavy atom. The normalized spacial score (nSPS) is 13.6. The van der Waals surface area contributed by atoms with E-state index in [0.717, 1.165) is 6.42 Å². The summed E-state index contributed by atoms with van der Waals surface area (Å²) in [7, 11) is 0. The smallest absolute Gasteiger partial charge is 0.200 e. The lowest BCUT2D eigenvalue weighted by Gasteiger charge is -2.17. The molecule has 13 heavy (non-hydrogen) atoms. The first-order chi connectivity index (χ1) is 6.07. The second-order valence-corrected chi connectivity index (χ2v) is 3.81. The monoisotopic (exact) mass is 181 g/mol. The molecule has 0 spiro atoms. The van der Waals surface area contributed by atoms with Gasteiger partial charge in [-0.15, -0.1) is 0 Å². The van der Waals surface area contributed by atoms with Crippen LogP contribution in [0.15, 0.2) is 6.20 Å². The van der Waals surface area contributed by atoms with E-state index in [-0.39, 0.29) is 0 Å². The summed E-state index contributed by atoms with van der Waals surface area (Å²) in [4.78, 5) is 4.15. The first-order valence-corrected chi connectivity index (χ1v) is 4.90. The fourth-order valence-corrected chi connectivity index (χ4v) is 1.53. The van der Waals surface area contributed by atoms with Crippen LogP contribution in [0, 0.1) is 0 Å². The van der Waals surface area contributed by atoms with Crippen molar-refractivity contribution in [1.82, 2.24) is 9.55 Å². The highest BCUT2D eigenvalue weighted by Crippen LogP contribution is 2.24. The molecular formula is C10H19N3. The lowest BCUT2D eigenvalue weighted by molar-refractivity contribution is 0.550. The van der Waals surface area contributed by atoms with Gasteiger partial charge in [-0.05, 0) is 26.2 Å². The maximum absolute atomic E-state index is 5.79. The van der Waals surface area contributed by atoms with Crippen molar-refractivity contribution in [3.05, 3.63) is 11.9 Å². The van der Waals surface area contributed by atoms with Gasteiger partial charge in [-0.2, -0.15) is 0 Å². The zero-order valence-corrected chi connectivity index (χ0v) is 8.91. The van der Waals surface area contributed by atoms with Gasteiger partial charge in [0.1, 0.15) is 0 Å². The van der Waals surface area contributed by atoms with E-state index in [4.69, 9.17) is 5.73 Å². The molecule has 3 nitrogen and oxygen atoms in total. The Bertz CT molecular complexity index is 276. The molecule has 0 aliphatic rings. The number of anilines is 1. The molecule has 2 N–H and O–H groups in total. The number of rotatable bonds is 3. The van der Waals surface area contributed by atoms with Crippen LogP contribution in [0.4, 0.5) is 5.95 Å². The largest absolute Gasteiger partial charge is 0.369 e. The van der Waals surface area contributed by atoms with Crippen LogP contribution >= 0.6 is 0 Å². The minimum Gasteiger partial charge on any atom is -0.369 e. The highest BCUT2D eigenvalue weighted by molar-refractivity contribution is 5.25. The Morgan fingerprint density at radius 3 is 2.54 bits per heavy atom. The minimum atomic E-state index is 0.395. The molecular weight excluding hydrogens is 162 g/mol. The average Bonchev–Trinajstić information content (AvgIpc) is 2.45. The highest BCUT2D eigenvalue weighted by atomic mass is 15.2. The third-order valence-electron chi connectivity index (χ3n) is 2.49. The Balaban J connectivity index is 3.07. The third kappa shape index (κ3) is 1.85. The van der Waals surface area contributed by atoms with Crippen molar-refractivity contribution in [3.63, 3.8) is 0 Å². The maximum atomic E-state index is 5.79. The van der Waals surface area contributed by atoms with Gasteiger partial charge < -0.3 is 10.3 Å². The molecule has 0 bridgehead atoms. The number of hydrogen-bond acceptors (Lipinski definition) is 2. The Kier molecular flexibility index (Phi) is 2.96. The van der Waals surface area contributed by atoms with Crippen LogP contribution in [0.3, 0.4) is 0 Å². The van der Waals surface area contributed by atoms with E-state index >= 15 is 0 Å². The molecule has 1 rings (SSSR count). The van der Waals surface area contributed by atoms with Gasteiger partial charge in [0.15, 0.2) is 0 Å². The molecule has 0 radical (unpaired) electrons. The van der Waals surface area contributed by atoms with Gasteiger partial charge in [-0.25, -0.2) is 4.98 Å². The first-order valence-electron chi connectivity index (χ1n) is 4.90. The Labute approximate surface area is 80.0 Å². The van der Waals surface area contributed by atoms with Crippen LogP contribution in [0.5, 0.6) is 0 Å². The molecule has 0 saturated heterocycles. The predicted molar refractivity (Wildman–Crippen MR) is 55.7 cm³/mol. The second-order valence-electron chi connectivity index (χ2n) is 3.81. The topological polar surface area (TPSA) is 43.8 Å². The van der Waals surface area contributed by atoms with Gasteiger partial charge in [-0.3, -0.25) is 0 Å². The van der Waals surface area contributed by atoms with Crippen molar-refractivity contribution in [2.24, 2.45) is 0 Å². The van der Waals surface area contributed by atoms with Crippen LogP contribution in [0.25, 0.3) is 0 Å². The van der Waals surface area contributed by atoms with Gasteiger partial charge in [0, 0.05) is 11.7 Å². The summed E-state index contributed by atoms with van der Waals surface area (Å²) in [6.45, 7) is 8.64. The molecule has 1 aromatic rings. The van der Waals surface area contributed by atoms with E-state index in [0.29, 0.717) is 17.9 Å². The zero-order valence-electron chi connectivity index (χ0n) is 8.91. The molecule has 0 aliphatic heterocycles. The van der Waals surface area contributed by atoms with Crippen LogP contribution < -0.4 is 5.73 Å². The van der Waals surface area contributed by atoms with Crippen LogP contribution in [-0.2, 0) is 0 Å². The molecule has 0 saturated carbocycles. The molecule has 1 aromatic heterocycles. The Hall–Kier alpha value is -0.990. The van der Waals surface area contributed by atoms with E-state index in [1.54, 1.807) is 0 Å². The third-order valence-corrected chi connectivity index (χ3v) is 2.49. The summed E-state index contributed by atoms with van der Waals surface area (Å²) in [5.41, 5.74) is 7.03. The summed E-state index contributed by atoms with van der Waals surface area (Å²) in [6, 6.07) is 0.395. The van der Waals surface area contributed by atoms with Gasteiger partial charge in [0.25, 0.3) is 0 Å². The lowest BCUT2D eigenvalue weighted by atomic mass is 10.1. The summed E-state index contributed by atoms with van der Waals surface area (Å²) < 4.78 is 2.11. The second kappa shape index (κ2) is 3.81. The van der Waals surface area contributed by atoms with E-state index in [2.05, 4.69) is 37.2 Å². The average molecular weight is 181 g/mol. The quantitative estimate of drug-likeness (QED) is 0.778. The minimum absolute atomic E-state index is 0.395. The summed E-state index contributed by atoms with van der Waals surface area (Å²) >= 11 is 0. The highest BCUT2D eigenvalue weighted by Gasteiger charge is 2.14. The lowest BCUT2D eigenvalue weighted by Crippen LogP contribution is -2.10. The summed E-state index contributed by atoms with van der Waals surface area (Å²) in [5.74, 6) is 1.16. The van der Waals surface area contributed by atoms with Crippen molar-refractivity contribution in [3.8, 4) is 0 Å². The fraction of sp³-hybridized carbons (Fsp3) is 0.700. The van der Waals surface area contributed by atoms with Crippen LogP contribution in [-0.4, -0.2) is 9.55 Å². The van der Waals surface area contributed by atoms with E-state index < -0.39 is 0 Å². The number of hydrogen-bond donors (Lipinski definition) is 1. The first kappa shape index (κ1) is 10.1. The van der Waals surface area contributed by atoms with Gasteiger partial charge in [0.05, 0.1) is 6.20 Å². The number of nitrogen functional groups attached to an aromatic ring is 1. The molecule has 3 heteroatoms. The fourth-order valence-electron chi connectivity index (χ4n) is 1.53. The number of imidazole rings is 1. The number of nitrogens with two attached hydrogens (primary N) is 1. The molecule has 74 valence electrons. The molecule has 0 amide bonds. The summed E-state index contributed by atoms with van der Waals surface area (Å²) in [5, 5.41) is 0. The van der Waals surface area contributed by atoms with Crippen molar-refractivity contribution >= 4 is 5.95 Å². The van der Waals surface area contributed by atoms with Gasteiger partial charge in [-0.1, -0.05) is 13.8 Å². The standard InChI is InChI=1S/C10H19N3/c1-5-8(4)9-6-12-10(11)13(9)7(2)3/h6-8H,5H2,1-4H3,(H2,11,12). The maximum Gasteiger partial charge on any atom is 0.200 e. The molecule has 1 unspecified atom stereocenters. The van der Waals surface area contributed by atoms with Crippen LogP contribution in [0.2, 0.25) is 0 Å². The predicted octanol–water partition coefficient (Wildman–Crippen LogP) is 2.56. The van der Waals surface area contributed by atoms with E-state index in [9.17, 15) is 0 Å². The number of aromatic nitrogens is 2. The zero-order chi connectivity index (χ0) is 10.0. The van der Waals surface area contributed by atoms with Crippen molar-refractivity contribution in [2.45, 2.75) is 46.1 Å². The van der Waals surface area contributed by atoms with Crippen molar-refractivity contribution < 1.29 is 0 Å². The molecule has 0 fully saturated rings. The molecule has 0 aliphatic carbocycles. The molecule has 0 aromatic carbocycles. The van der Waals surface area contributed by atoms with E-state index in [1.807, 2.05) is 6.20 Å². The Morgan fingerprint density at radius 1 is 1.46 bits per heavy atom. The molecule has 1 heterocycles.